The van der Waals surface area contributed by atoms with E-state index in [2.05, 4.69) is 28.1 Å². The van der Waals surface area contributed by atoms with Crippen LogP contribution in [0.4, 0.5) is 0 Å². The number of carbonyl (C=O) groups excluding carboxylic acids is 2. The number of benzene rings is 3. The van der Waals surface area contributed by atoms with Crippen molar-refractivity contribution in [3.05, 3.63) is 100 Å². The maximum atomic E-state index is 13.5. The van der Waals surface area contributed by atoms with Crippen LogP contribution in [0, 0.1) is 5.41 Å². The number of hydrogen-bond donors (Lipinski definition) is 0. The number of para-hydroxylation sites is 1. The van der Waals surface area contributed by atoms with E-state index in [4.69, 9.17) is 4.74 Å². The van der Waals surface area contributed by atoms with Crippen molar-refractivity contribution in [2.24, 2.45) is 5.41 Å². The van der Waals surface area contributed by atoms with Crippen LogP contribution in [0.25, 0.3) is 0 Å². The zero-order chi connectivity index (χ0) is 19.3. The molecule has 0 spiro atoms. The summed E-state index contributed by atoms with van der Waals surface area (Å²) in [6.07, 6.45) is 0.459. The Balaban J connectivity index is 1.65. The van der Waals surface area contributed by atoms with Crippen LogP contribution < -0.4 is 4.74 Å². The molecule has 138 valence electrons. The Hall–Kier alpha value is -2.72. The standard InChI is InChI=1S/C24H17BrO3/c25-17-12-10-15(11-13-17)19-14-24(22(26)16-6-2-1-3-7-16)21(19)18-8-4-5-9-20(18)28-23(24)27/h1-13,19,21H,14H2/t19-,21-,24+/m1/s1. The first-order chi connectivity index (χ1) is 13.6. The number of rotatable bonds is 3. The molecule has 1 saturated carbocycles. The summed E-state index contributed by atoms with van der Waals surface area (Å²) in [6.45, 7) is 0. The van der Waals surface area contributed by atoms with Gasteiger partial charge in [-0.25, -0.2) is 0 Å². The van der Waals surface area contributed by atoms with E-state index in [0.29, 0.717) is 17.7 Å². The predicted molar refractivity (Wildman–Crippen MR) is 110 cm³/mol. The first-order valence-corrected chi connectivity index (χ1v) is 10.1. The number of ketones is 1. The highest BCUT2D eigenvalue weighted by Gasteiger charge is 2.67. The second-order valence-electron chi connectivity index (χ2n) is 7.43. The van der Waals surface area contributed by atoms with Crippen molar-refractivity contribution in [3.8, 4) is 5.75 Å². The van der Waals surface area contributed by atoms with Crippen LogP contribution in [0.15, 0.2) is 83.3 Å². The summed E-state index contributed by atoms with van der Waals surface area (Å²) in [5.41, 5.74) is 1.46. The number of fused-ring (bicyclic) bond motifs is 3. The Labute approximate surface area is 171 Å². The van der Waals surface area contributed by atoms with Gasteiger partial charge in [-0.05, 0) is 36.1 Å². The molecule has 0 aromatic heterocycles. The highest BCUT2D eigenvalue weighted by molar-refractivity contribution is 9.10. The molecule has 5 rings (SSSR count). The predicted octanol–water partition coefficient (Wildman–Crippen LogP) is 5.51. The van der Waals surface area contributed by atoms with Gasteiger partial charge < -0.3 is 4.74 Å². The molecule has 1 aliphatic carbocycles. The summed E-state index contributed by atoms with van der Waals surface area (Å²) < 4.78 is 6.65. The quantitative estimate of drug-likeness (QED) is 0.237. The maximum absolute atomic E-state index is 13.5. The molecule has 3 atom stereocenters. The summed E-state index contributed by atoms with van der Waals surface area (Å²) in [4.78, 5) is 26.7. The molecule has 3 aromatic carbocycles. The van der Waals surface area contributed by atoms with Crippen LogP contribution in [0.1, 0.15) is 39.7 Å². The minimum absolute atomic E-state index is 0.0924. The summed E-state index contributed by atoms with van der Waals surface area (Å²) in [7, 11) is 0. The summed E-state index contributed by atoms with van der Waals surface area (Å²) in [5.74, 6) is -0.145. The number of halogens is 1. The van der Waals surface area contributed by atoms with Crippen LogP contribution in [-0.4, -0.2) is 11.8 Å². The fourth-order valence-corrected chi connectivity index (χ4v) is 4.95. The van der Waals surface area contributed by atoms with Crippen molar-refractivity contribution < 1.29 is 14.3 Å². The molecule has 0 bridgehead atoms. The lowest BCUT2D eigenvalue weighted by Gasteiger charge is -2.54. The molecule has 0 radical (unpaired) electrons. The summed E-state index contributed by atoms with van der Waals surface area (Å²) in [5, 5.41) is 0. The molecule has 3 nitrogen and oxygen atoms in total. The monoisotopic (exact) mass is 432 g/mol. The molecule has 3 aromatic rings. The number of ether oxygens (including phenoxy) is 1. The SMILES string of the molecule is O=C1Oc2ccccc2[C@@H]2[C@@H](c3ccc(Br)cc3)C[C@]12C(=O)c1ccccc1. The van der Waals surface area contributed by atoms with Gasteiger partial charge in [-0.3, -0.25) is 9.59 Å². The highest BCUT2D eigenvalue weighted by atomic mass is 79.9. The molecule has 0 N–H and O–H groups in total. The Morgan fingerprint density at radius 2 is 1.61 bits per heavy atom. The number of hydrogen-bond acceptors (Lipinski definition) is 3. The van der Waals surface area contributed by atoms with Gasteiger partial charge in [-0.15, -0.1) is 0 Å². The average molecular weight is 433 g/mol. The third kappa shape index (κ3) is 2.41. The van der Waals surface area contributed by atoms with Gasteiger partial charge in [0.05, 0.1) is 0 Å². The summed E-state index contributed by atoms with van der Waals surface area (Å²) in [6, 6.07) is 24.8. The van der Waals surface area contributed by atoms with Gasteiger partial charge in [0.2, 0.25) is 0 Å². The lowest BCUT2D eigenvalue weighted by molar-refractivity contribution is -0.153. The van der Waals surface area contributed by atoms with Gasteiger partial charge in [0.1, 0.15) is 11.2 Å². The van der Waals surface area contributed by atoms with Crippen LogP contribution >= 0.6 is 15.9 Å². The van der Waals surface area contributed by atoms with Gasteiger partial charge in [-0.2, -0.15) is 0 Å². The van der Waals surface area contributed by atoms with Crippen molar-refractivity contribution in [3.63, 3.8) is 0 Å². The molecule has 2 aliphatic rings. The van der Waals surface area contributed by atoms with Crippen molar-refractivity contribution in [1.29, 1.82) is 0 Å². The molecule has 0 saturated heterocycles. The van der Waals surface area contributed by atoms with Crippen LogP contribution in [0.3, 0.4) is 0 Å². The average Bonchev–Trinajstić information content (AvgIpc) is 2.70. The van der Waals surface area contributed by atoms with E-state index in [1.54, 1.807) is 18.2 Å². The lowest BCUT2D eigenvalue weighted by atomic mass is 9.47. The number of carbonyl (C=O) groups is 2. The van der Waals surface area contributed by atoms with E-state index in [1.807, 2.05) is 48.5 Å². The van der Waals surface area contributed by atoms with E-state index < -0.39 is 11.4 Å². The first kappa shape index (κ1) is 17.4. The number of esters is 1. The summed E-state index contributed by atoms with van der Waals surface area (Å²) >= 11 is 3.47. The Morgan fingerprint density at radius 3 is 2.36 bits per heavy atom. The molecular weight excluding hydrogens is 416 g/mol. The van der Waals surface area contributed by atoms with Gasteiger partial charge in [0.15, 0.2) is 5.78 Å². The smallest absolute Gasteiger partial charge is 0.326 e. The molecule has 0 amide bonds. The minimum Gasteiger partial charge on any atom is -0.425 e. The topological polar surface area (TPSA) is 43.4 Å². The van der Waals surface area contributed by atoms with Crippen LogP contribution in [0.5, 0.6) is 5.75 Å². The molecule has 1 fully saturated rings. The van der Waals surface area contributed by atoms with Gasteiger partial charge >= 0.3 is 5.97 Å². The fraction of sp³-hybridized carbons (Fsp3) is 0.167. The molecule has 28 heavy (non-hydrogen) atoms. The zero-order valence-corrected chi connectivity index (χ0v) is 16.6. The van der Waals surface area contributed by atoms with Crippen molar-refractivity contribution in [2.45, 2.75) is 18.3 Å². The van der Waals surface area contributed by atoms with Crippen LogP contribution in [-0.2, 0) is 4.79 Å². The lowest BCUT2D eigenvalue weighted by Crippen LogP contribution is -2.59. The largest absolute Gasteiger partial charge is 0.425 e. The van der Waals surface area contributed by atoms with E-state index >= 15 is 0 Å². The highest BCUT2D eigenvalue weighted by Crippen LogP contribution is 2.66. The third-order valence-corrected chi connectivity index (χ3v) is 6.56. The van der Waals surface area contributed by atoms with Gasteiger partial charge in [0.25, 0.3) is 0 Å². The Kier molecular flexibility index (Phi) is 3.98. The molecule has 4 heteroatoms. The van der Waals surface area contributed by atoms with E-state index in [9.17, 15) is 9.59 Å². The Morgan fingerprint density at radius 1 is 0.929 bits per heavy atom. The fourth-order valence-electron chi connectivity index (χ4n) is 4.68. The second kappa shape index (κ2) is 6.42. The maximum Gasteiger partial charge on any atom is 0.326 e. The van der Waals surface area contributed by atoms with Crippen molar-refractivity contribution >= 4 is 27.7 Å². The minimum atomic E-state index is -1.16. The van der Waals surface area contributed by atoms with E-state index in [0.717, 1.165) is 15.6 Å². The normalized spacial score (nSPS) is 25.1. The molecule has 1 aliphatic heterocycles. The van der Waals surface area contributed by atoms with Crippen molar-refractivity contribution in [1.82, 2.24) is 0 Å². The number of Topliss-reactive ketones (excluding diaryl/α,β-unsaturated/α-hetero) is 1. The third-order valence-electron chi connectivity index (χ3n) is 6.04. The first-order valence-electron chi connectivity index (χ1n) is 9.28. The van der Waals surface area contributed by atoms with Gasteiger partial charge in [0, 0.05) is 21.5 Å². The second-order valence-corrected chi connectivity index (χ2v) is 8.35. The molecular formula is C24H17BrO3. The van der Waals surface area contributed by atoms with Crippen molar-refractivity contribution in [2.75, 3.05) is 0 Å². The van der Waals surface area contributed by atoms with Crippen LogP contribution in [0.2, 0.25) is 0 Å². The van der Waals surface area contributed by atoms with E-state index in [-0.39, 0.29) is 17.6 Å². The van der Waals surface area contributed by atoms with E-state index in [1.165, 1.54) is 0 Å². The molecule has 1 heterocycles. The Bertz CT molecular complexity index is 1070. The van der Waals surface area contributed by atoms with Gasteiger partial charge in [-0.1, -0.05) is 76.6 Å². The zero-order valence-electron chi connectivity index (χ0n) is 15.0. The molecule has 0 unspecified atom stereocenters.